The monoisotopic (exact) mass is 488 g/mol. The van der Waals surface area contributed by atoms with Gasteiger partial charge in [0.1, 0.15) is 12.6 Å². The second kappa shape index (κ2) is 13.2. The summed E-state index contributed by atoms with van der Waals surface area (Å²) < 4.78 is 5.10. The molecule has 190 valence electrons. The number of hydrogen-bond acceptors (Lipinski definition) is 9. The van der Waals surface area contributed by atoms with Crippen LogP contribution in [-0.4, -0.2) is 78.1 Å². The van der Waals surface area contributed by atoms with Crippen LogP contribution in [0.2, 0.25) is 0 Å². The predicted molar refractivity (Wildman–Crippen MR) is 128 cm³/mol. The van der Waals surface area contributed by atoms with E-state index in [2.05, 4.69) is 26.1 Å². The van der Waals surface area contributed by atoms with Crippen LogP contribution in [0.25, 0.3) is 0 Å². The molecule has 12 heteroatoms. The van der Waals surface area contributed by atoms with Gasteiger partial charge in [-0.25, -0.2) is 9.59 Å². The van der Waals surface area contributed by atoms with Crippen LogP contribution in [0.15, 0.2) is 40.5 Å². The molecule has 0 saturated carbocycles. The maximum atomic E-state index is 12.3. The van der Waals surface area contributed by atoms with Gasteiger partial charge in [0.15, 0.2) is 5.96 Å². The van der Waals surface area contributed by atoms with Gasteiger partial charge in [-0.15, -0.1) is 0 Å². The van der Waals surface area contributed by atoms with E-state index in [1.54, 1.807) is 24.3 Å². The summed E-state index contributed by atoms with van der Waals surface area (Å²) in [5, 5.41) is 22.4. The molecule has 3 rings (SSSR count). The molecule has 0 radical (unpaired) electrons. The molecule has 35 heavy (non-hydrogen) atoms. The number of rotatable bonds is 11. The molecule has 2 heterocycles. The van der Waals surface area contributed by atoms with Gasteiger partial charge in [-0.1, -0.05) is 35.5 Å². The van der Waals surface area contributed by atoms with Crippen LogP contribution in [0.3, 0.4) is 0 Å². The topological polar surface area (TPSA) is 154 Å². The highest BCUT2D eigenvalue weighted by Crippen LogP contribution is 2.18. The number of carbonyl (C=O) groups excluding carboxylic acids is 2. The predicted octanol–water partition coefficient (Wildman–Crippen LogP) is 1.04. The van der Waals surface area contributed by atoms with Gasteiger partial charge in [-0.05, 0) is 24.8 Å². The number of aliphatic carboxylic acids is 1. The summed E-state index contributed by atoms with van der Waals surface area (Å²) in [4.78, 5) is 47.2. The molecule has 1 aromatic rings. The zero-order valence-electron chi connectivity index (χ0n) is 19.7. The highest BCUT2D eigenvalue weighted by atomic mass is 16.7. The number of oxime groups is 1. The van der Waals surface area contributed by atoms with Crippen LogP contribution in [0.5, 0.6) is 0 Å². The van der Waals surface area contributed by atoms with E-state index in [9.17, 15) is 19.5 Å². The highest BCUT2D eigenvalue weighted by molar-refractivity contribution is 5.86. The van der Waals surface area contributed by atoms with Gasteiger partial charge >= 0.3 is 12.1 Å². The number of ether oxygens (including phenoxy) is 1. The Morgan fingerprint density at radius 1 is 1.31 bits per heavy atom. The molecular weight excluding hydrogens is 456 g/mol. The van der Waals surface area contributed by atoms with Crippen molar-refractivity contribution in [3.05, 3.63) is 35.9 Å². The number of amides is 2. The van der Waals surface area contributed by atoms with Crippen molar-refractivity contribution in [1.82, 2.24) is 20.9 Å². The Bertz CT molecular complexity index is 938. The smallest absolute Gasteiger partial charge is 0.408 e. The molecule has 2 amide bonds. The lowest BCUT2D eigenvalue weighted by Gasteiger charge is -2.28. The number of guanidine groups is 1. The number of carboxylic acids is 1. The molecular formula is C23H32N6O6. The van der Waals surface area contributed by atoms with Crippen molar-refractivity contribution in [1.29, 1.82) is 0 Å². The Balaban J connectivity index is 1.44. The van der Waals surface area contributed by atoms with Crippen LogP contribution < -0.4 is 16.0 Å². The largest absolute Gasteiger partial charge is 0.480 e. The number of aliphatic imine (C=N–C) groups is 1. The van der Waals surface area contributed by atoms with E-state index in [1.165, 1.54) is 11.8 Å². The SMILES string of the molecule is CC(=O)N(C[C@H](NC(=O)OCc1ccccc1)C(=O)O)[C@H]1CC(CCCNC2=NCCCN2)=NO1. The van der Waals surface area contributed by atoms with E-state index in [1.807, 2.05) is 6.07 Å². The minimum Gasteiger partial charge on any atom is -0.480 e. The minimum absolute atomic E-state index is 0.00334. The number of nitrogens with zero attached hydrogens (tertiary/aromatic N) is 3. The normalized spacial score (nSPS) is 17.7. The molecule has 0 fully saturated rings. The first-order valence-electron chi connectivity index (χ1n) is 11.6. The fourth-order valence-electron chi connectivity index (χ4n) is 3.61. The summed E-state index contributed by atoms with van der Waals surface area (Å²) in [5.41, 5.74) is 1.55. The van der Waals surface area contributed by atoms with Gasteiger partial charge in [0.05, 0.1) is 12.3 Å². The van der Waals surface area contributed by atoms with E-state index in [0.29, 0.717) is 19.4 Å². The summed E-state index contributed by atoms with van der Waals surface area (Å²) >= 11 is 0. The van der Waals surface area contributed by atoms with E-state index < -0.39 is 24.3 Å². The molecule has 0 saturated heterocycles. The lowest BCUT2D eigenvalue weighted by Crippen LogP contribution is -2.52. The molecule has 0 spiro atoms. The second-order valence-electron chi connectivity index (χ2n) is 8.23. The first kappa shape index (κ1) is 25.8. The maximum Gasteiger partial charge on any atom is 0.408 e. The van der Waals surface area contributed by atoms with Gasteiger partial charge in [-0.2, -0.15) is 0 Å². The summed E-state index contributed by atoms with van der Waals surface area (Å²) in [7, 11) is 0. The third kappa shape index (κ3) is 8.47. The van der Waals surface area contributed by atoms with E-state index in [4.69, 9.17) is 9.57 Å². The first-order valence-corrected chi connectivity index (χ1v) is 11.6. The molecule has 0 aromatic heterocycles. The highest BCUT2D eigenvalue weighted by Gasteiger charge is 2.33. The Morgan fingerprint density at radius 3 is 2.80 bits per heavy atom. The Labute approximate surface area is 203 Å². The van der Waals surface area contributed by atoms with Crippen molar-refractivity contribution in [2.24, 2.45) is 10.1 Å². The fraction of sp³-hybridized carbons (Fsp3) is 0.522. The molecule has 2 aliphatic heterocycles. The van der Waals surface area contributed by atoms with E-state index in [0.717, 1.165) is 43.2 Å². The van der Waals surface area contributed by atoms with Gasteiger partial charge in [0.2, 0.25) is 12.1 Å². The number of carboxylic acid groups (broad SMARTS) is 1. The average molecular weight is 489 g/mol. The van der Waals surface area contributed by atoms with Crippen LogP contribution in [-0.2, 0) is 25.8 Å². The van der Waals surface area contributed by atoms with E-state index in [-0.39, 0.29) is 19.1 Å². The number of alkyl carbamates (subject to hydrolysis) is 1. The molecule has 4 N–H and O–H groups in total. The molecule has 2 aliphatic rings. The Hall–Kier alpha value is -3.83. The maximum absolute atomic E-state index is 12.3. The van der Waals surface area contributed by atoms with Crippen LogP contribution >= 0.6 is 0 Å². The van der Waals surface area contributed by atoms with Gasteiger partial charge in [0, 0.05) is 33.0 Å². The quantitative estimate of drug-likeness (QED) is 0.337. The van der Waals surface area contributed by atoms with Crippen molar-refractivity contribution in [3.63, 3.8) is 0 Å². The lowest BCUT2D eigenvalue weighted by molar-refractivity contribution is -0.147. The van der Waals surface area contributed by atoms with Crippen molar-refractivity contribution in [3.8, 4) is 0 Å². The van der Waals surface area contributed by atoms with Crippen LogP contribution in [0.4, 0.5) is 4.79 Å². The number of hydrogen-bond donors (Lipinski definition) is 4. The van der Waals surface area contributed by atoms with E-state index >= 15 is 0 Å². The fourth-order valence-corrected chi connectivity index (χ4v) is 3.61. The lowest BCUT2D eigenvalue weighted by atomic mass is 10.1. The van der Waals surface area contributed by atoms with Crippen LogP contribution in [0, 0.1) is 0 Å². The zero-order chi connectivity index (χ0) is 25.0. The zero-order valence-corrected chi connectivity index (χ0v) is 19.7. The van der Waals surface area contributed by atoms with Crippen LogP contribution in [0.1, 0.15) is 38.2 Å². The van der Waals surface area contributed by atoms with Gasteiger partial charge in [0.25, 0.3) is 0 Å². The number of carbonyl (C=O) groups is 3. The summed E-state index contributed by atoms with van der Waals surface area (Å²) in [6.07, 6.45) is 1.23. The average Bonchev–Trinajstić information content (AvgIpc) is 3.32. The second-order valence-corrected chi connectivity index (χ2v) is 8.23. The Morgan fingerprint density at radius 2 is 2.11 bits per heavy atom. The van der Waals surface area contributed by atoms with Crippen molar-refractivity contribution in [2.45, 2.75) is 51.5 Å². The summed E-state index contributed by atoms with van der Waals surface area (Å²) in [6, 6.07) is 7.64. The third-order valence-electron chi connectivity index (χ3n) is 5.48. The molecule has 1 aromatic carbocycles. The van der Waals surface area contributed by atoms with Gasteiger partial charge in [-0.3, -0.25) is 9.79 Å². The van der Waals surface area contributed by atoms with Gasteiger partial charge < -0.3 is 35.5 Å². The Kier molecular flexibility index (Phi) is 9.69. The minimum atomic E-state index is -1.37. The standard InChI is InChI=1S/C23H32N6O6/c1-16(30)29(14-19(21(31)32)27-23(33)34-15-17-7-3-2-4-8-17)20-13-18(28-35-20)9-5-10-24-22-25-11-6-12-26-22/h2-4,7-8,19-20H,5-6,9-15H2,1H3,(H,27,33)(H,31,32)(H2,24,25,26)/t19-,20+/m0/s1. The summed E-state index contributed by atoms with van der Waals surface area (Å²) in [5.74, 6) is -0.881. The van der Waals surface area contributed by atoms with Crippen molar-refractivity contribution < 1.29 is 29.1 Å². The molecule has 12 nitrogen and oxygen atoms in total. The molecule has 2 atom stereocenters. The number of nitrogens with one attached hydrogen (secondary N) is 3. The van der Waals surface area contributed by atoms with Crippen molar-refractivity contribution in [2.75, 3.05) is 26.2 Å². The van der Waals surface area contributed by atoms with Crippen molar-refractivity contribution >= 4 is 29.6 Å². The third-order valence-corrected chi connectivity index (χ3v) is 5.48. The molecule has 0 aliphatic carbocycles. The summed E-state index contributed by atoms with van der Waals surface area (Å²) in [6.45, 7) is 3.46. The number of benzene rings is 1. The molecule has 0 unspecified atom stereocenters. The first-order chi connectivity index (χ1) is 16.9. The molecule has 0 bridgehead atoms.